The Morgan fingerprint density at radius 3 is 2.45 bits per heavy atom. The lowest BCUT2D eigenvalue weighted by atomic mass is 10.2. The van der Waals surface area contributed by atoms with Gasteiger partial charge in [0.15, 0.2) is 0 Å². The molecule has 0 unspecified atom stereocenters. The SMILES string of the molecule is CCCCCC(=S)SCCC. The molecule has 0 nitrogen and oxygen atoms in total. The maximum Gasteiger partial charge on any atom is 0.0478 e. The fourth-order valence-electron chi connectivity index (χ4n) is 0.807. The van der Waals surface area contributed by atoms with Gasteiger partial charge in [0, 0.05) is 4.20 Å². The molecule has 0 rings (SSSR count). The maximum absolute atomic E-state index is 5.20. The summed E-state index contributed by atoms with van der Waals surface area (Å²) in [4.78, 5) is 0. The Hall–Kier alpha value is 0.440. The van der Waals surface area contributed by atoms with Gasteiger partial charge in [-0.05, 0) is 25.0 Å². The number of hydrogen-bond acceptors (Lipinski definition) is 2. The lowest BCUT2D eigenvalue weighted by Gasteiger charge is -2.00. The first-order chi connectivity index (χ1) is 5.31. The molecule has 11 heavy (non-hydrogen) atoms. The van der Waals surface area contributed by atoms with Crippen LogP contribution >= 0.6 is 24.0 Å². The Morgan fingerprint density at radius 1 is 1.18 bits per heavy atom. The van der Waals surface area contributed by atoms with Gasteiger partial charge in [-0.25, -0.2) is 0 Å². The van der Waals surface area contributed by atoms with Crippen LogP contribution in [0.5, 0.6) is 0 Å². The average Bonchev–Trinajstić information content (AvgIpc) is 2.01. The van der Waals surface area contributed by atoms with Crippen LogP contribution in [-0.2, 0) is 0 Å². The van der Waals surface area contributed by atoms with Crippen LogP contribution in [0.15, 0.2) is 0 Å². The van der Waals surface area contributed by atoms with Crippen molar-refractivity contribution in [2.24, 2.45) is 0 Å². The highest BCUT2D eigenvalue weighted by Gasteiger charge is 1.95. The number of unbranched alkanes of at least 4 members (excludes halogenated alkanes) is 2. The normalized spacial score (nSPS) is 10.0. The van der Waals surface area contributed by atoms with E-state index in [1.54, 1.807) is 0 Å². The maximum atomic E-state index is 5.20. The van der Waals surface area contributed by atoms with Crippen LogP contribution in [0.2, 0.25) is 0 Å². The van der Waals surface area contributed by atoms with Crippen molar-refractivity contribution in [3.63, 3.8) is 0 Å². The Kier molecular flexibility index (Phi) is 8.88. The summed E-state index contributed by atoms with van der Waals surface area (Å²) in [7, 11) is 0. The van der Waals surface area contributed by atoms with Crippen molar-refractivity contribution in [2.45, 2.75) is 46.0 Å². The molecule has 0 aromatic rings. The second kappa shape index (κ2) is 8.54. The number of thioether (sulfide) groups is 1. The van der Waals surface area contributed by atoms with E-state index in [0.717, 1.165) is 6.42 Å². The van der Waals surface area contributed by atoms with E-state index in [1.165, 1.54) is 35.6 Å². The summed E-state index contributed by atoms with van der Waals surface area (Å²) in [5.74, 6) is 1.20. The number of rotatable bonds is 6. The van der Waals surface area contributed by atoms with Crippen LogP contribution in [0, 0.1) is 0 Å². The third-order valence-electron chi connectivity index (χ3n) is 1.45. The minimum atomic E-state index is 1.15. The van der Waals surface area contributed by atoms with Crippen molar-refractivity contribution in [1.82, 2.24) is 0 Å². The molecule has 0 heterocycles. The predicted molar refractivity (Wildman–Crippen MR) is 59.5 cm³/mol. The van der Waals surface area contributed by atoms with Crippen LogP contribution in [-0.4, -0.2) is 9.95 Å². The van der Waals surface area contributed by atoms with Crippen molar-refractivity contribution in [1.29, 1.82) is 0 Å². The van der Waals surface area contributed by atoms with Gasteiger partial charge in [-0.2, -0.15) is 0 Å². The van der Waals surface area contributed by atoms with Crippen molar-refractivity contribution in [3.05, 3.63) is 0 Å². The van der Waals surface area contributed by atoms with Crippen molar-refractivity contribution < 1.29 is 0 Å². The smallest absolute Gasteiger partial charge is 0.0478 e. The molecule has 0 fully saturated rings. The molecule has 0 radical (unpaired) electrons. The van der Waals surface area contributed by atoms with Gasteiger partial charge in [-0.15, -0.1) is 11.8 Å². The monoisotopic (exact) mass is 190 g/mol. The Balaban J connectivity index is 3.09. The summed E-state index contributed by atoms with van der Waals surface area (Å²) in [6.45, 7) is 4.42. The zero-order valence-corrected chi connectivity index (χ0v) is 9.19. The molecule has 0 N–H and O–H groups in total. The van der Waals surface area contributed by atoms with Gasteiger partial charge in [0.2, 0.25) is 0 Å². The van der Waals surface area contributed by atoms with Crippen molar-refractivity contribution in [2.75, 3.05) is 5.75 Å². The lowest BCUT2D eigenvalue weighted by molar-refractivity contribution is 0.747. The van der Waals surface area contributed by atoms with Gasteiger partial charge >= 0.3 is 0 Å². The molecule has 0 amide bonds. The standard InChI is InChI=1S/C9H18S2/c1-3-5-6-7-9(10)11-8-4-2/h3-8H2,1-2H3. The molecule has 0 aromatic carbocycles. The summed E-state index contributed by atoms with van der Waals surface area (Å²) in [5, 5.41) is 0. The highest BCUT2D eigenvalue weighted by molar-refractivity contribution is 8.23. The van der Waals surface area contributed by atoms with Crippen LogP contribution in [0.4, 0.5) is 0 Å². The van der Waals surface area contributed by atoms with Gasteiger partial charge < -0.3 is 0 Å². The summed E-state index contributed by atoms with van der Waals surface area (Å²) in [6, 6.07) is 0. The minimum Gasteiger partial charge on any atom is -0.119 e. The summed E-state index contributed by atoms with van der Waals surface area (Å²) >= 11 is 7.05. The molecule has 66 valence electrons. The first-order valence-corrected chi connectivity index (χ1v) is 5.86. The molecule has 0 aliphatic carbocycles. The highest BCUT2D eigenvalue weighted by Crippen LogP contribution is 2.12. The molecule has 0 aliphatic heterocycles. The predicted octanol–water partition coefficient (Wildman–Crippen LogP) is 4.04. The molecule has 0 bridgehead atoms. The van der Waals surface area contributed by atoms with Crippen molar-refractivity contribution >= 4 is 28.2 Å². The van der Waals surface area contributed by atoms with Crippen LogP contribution in [0.25, 0.3) is 0 Å². The zero-order chi connectivity index (χ0) is 8.53. The quantitative estimate of drug-likeness (QED) is 0.458. The van der Waals surface area contributed by atoms with E-state index >= 15 is 0 Å². The van der Waals surface area contributed by atoms with E-state index in [1.807, 2.05) is 11.8 Å². The summed E-state index contributed by atoms with van der Waals surface area (Å²) < 4.78 is 1.21. The van der Waals surface area contributed by atoms with Gasteiger partial charge in [0.05, 0.1) is 0 Å². The van der Waals surface area contributed by atoms with E-state index in [-0.39, 0.29) is 0 Å². The number of hydrogen-bond donors (Lipinski definition) is 0. The lowest BCUT2D eigenvalue weighted by Crippen LogP contribution is -1.89. The molecule has 0 atom stereocenters. The van der Waals surface area contributed by atoms with Gasteiger partial charge in [-0.1, -0.05) is 38.9 Å². The molecule has 0 aliphatic rings. The van der Waals surface area contributed by atoms with Gasteiger partial charge in [0.25, 0.3) is 0 Å². The minimum absolute atomic E-state index is 1.15. The molecule has 0 saturated heterocycles. The third kappa shape index (κ3) is 8.35. The summed E-state index contributed by atoms with van der Waals surface area (Å²) in [5.41, 5.74) is 0. The molecular weight excluding hydrogens is 172 g/mol. The number of thiocarbonyl (C=S) groups is 1. The highest BCUT2D eigenvalue weighted by atomic mass is 32.2. The molecule has 2 heteroatoms. The van der Waals surface area contributed by atoms with E-state index in [4.69, 9.17) is 12.2 Å². The van der Waals surface area contributed by atoms with E-state index in [2.05, 4.69) is 13.8 Å². The topological polar surface area (TPSA) is 0 Å². The fourth-order valence-corrected chi connectivity index (χ4v) is 1.92. The molecule has 0 spiro atoms. The second-order valence-corrected chi connectivity index (χ2v) is 4.62. The van der Waals surface area contributed by atoms with Gasteiger partial charge in [-0.3, -0.25) is 0 Å². The van der Waals surface area contributed by atoms with E-state index < -0.39 is 0 Å². The molecular formula is C9H18S2. The van der Waals surface area contributed by atoms with Crippen LogP contribution in [0.1, 0.15) is 46.0 Å². The first kappa shape index (κ1) is 11.4. The zero-order valence-electron chi connectivity index (χ0n) is 7.56. The van der Waals surface area contributed by atoms with Gasteiger partial charge in [0.1, 0.15) is 0 Å². The first-order valence-electron chi connectivity index (χ1n) is 4.46. The average molecular weight is 190 g/mol. The van der Waals surface area contributed by atoms with Crippen LogP contribution in [0.3, 0.4) is 0 Å². The van der Waals surface area contributed by atoms with E-state index in [0.29, 0.717) is 0 Å². The summed E-state index contributed by atoms with van der Waals surface area (Å²) in [6.07, 6.45) is 6.28. The second-order valence-electron chi connectivity index (χ2n) is 2.68. The largest absolute Gasteiger partial charge is 0.119 e. The third-order valence-corrected chi connectivity index (χ3v) is 3.15. The molecule has 0 saturated carbocycles. The Labute approximate surface area is 80.1 Å². The fraction of sp³-hybridized carbons (Fsp3) is 0.889. The Bertz CT molecular complexity index is 99.7. The Morgan fingerprint density at radius 2 is 1.91 bits per heavy atom. The van der Waals surface area contributed by atoms with Crippen molar-refractivity contribution in [3.8, 4) is 0 Å². The van der Waals surface area contributed by atoms with Crippen LogP contribution < -0.4 is 0 Å². The molecule has 0 aromatic heterocycles. The van der Waals surface area contributed by atoms with E-state index in [9.17, 15) is 0 Å².